The molecule has 2 aliphatic rings. The van der Waals surface area contributed by atoms with Crippen molar-refractivity contribution in [2.75, 3.05) is 0 Å². The van der Waals surface area contributed by atoms with Crippen LogP contribution in [0.2, 0.25) is 0 Å². The molecule has 13 heavy (non-hydrogen) atoms. The fourth-order valence-electron chi connectivity index (χ4n) is 3.25. The van der Waals surface area contributed by atoms with E-state index in [0.717, 1.165) is 18.8 Å². The summed E-state index contributed by atoms with van der Waals surface area (Å²) < 4.78 is 0. The maximum atomic E-state index is 11.0. The predicted molar refractivity (Wildman–Crippen MR) is 50.4 cm³/mol. The Hall–Kier alpha value is -0.530. The second kappa shape index (κ2) is 3.69. The minimum Gasteiger partial charge on any atom is -0.481 e. The highest BCUT2D eigenvalue weighted by molar-refractivity contribution is 5.70. The molecular weight excluding hydrogens is 184 g/mol. The van der Waals surface area contributed by atoms with Crippen molar-refractivity contribution in [3.05, 3.63) is 0 Å². The molecule has 0 aromatic heterocycles. The molecule has 2 rings (SSSR count). The van der Waals surface area contributed by atoms with Crippen LogP contribution in [0.5, 0.6) is 0 Å². The van der Waals surface area contributed by atoms with Crippen LogP contribution in [0, 0.1) is 17.8 Å². The van der Waals surface area contributed by atoms with Crippen molar-refractivity contribution in [3.63, 3.8) is 0 Å². The molecule has 3 unspecified atom stereocenters. The highest BCUT2D eigenvalue weighted by Gasteiger charge is 2.38. The molecule has 0 aromatic carbocycles. The van der Waals surface area contributed by atoms with E-state index in [1.54, 1.807) is 0 Å². The van der Waals surface area contributed by atoms with Gasteiger partial charge in [0, 0.05) is 0 Å². The number of carbonyl (C=O) groups is 1. The van der Waals surface area contributed by atoms with Crippen molar-refractivity contribution in [1.82, 2.24) is 0 Å². The van der Waals surface area contributed by atoms with E-state index in [0.29, 0.717) is 5.92 Å². The van der Waals surface area contributed by atoms with Gasteiger partial charge in [-0.3, -0.25) is 4.79 Å². The Morgan fingerprint density at radius 3 is 2.46 bits per heavy atom. The van der Waals surface area contributed by atoms with E-state index in [1.165, 1.54) is 32.1 Å². The zero-order chi connectivity index (χ0) is 9.26. The molecule has 74 valence electrons. The van der Waals surface area contributed by atoms with Crippen molar-refractivity contribution in [2.45, 2.75) is 44.9 Å². The topological polar surface area (TPSA) is 37.3 Å². The van der Waals surface area contributed by atoms with Crippen LogP contribution in [0.25, 0.3) is 0 Å². The van der Waals surface area contributed by atoms with E-state index in [1.807, 2.05) is 0 Å². The number of fused-ring (bicyclic) bond motifs is 1. The van der Waals surface area contributed by atoms with Gasteiger partial charge in [-0.2, -0.15) is 0 Å². The van der Waals surface area contributed by atoms with Crippen molar-refractivity contribution in [1.29, 1.82) is 0 Å². The van der Waals surface area contributed by atoms with E-state index in [9.17, 15) is 4.79 Å². The Kier molecular flexibility index (Phi) is 2.56. The molecule has 0 spiro atoms. The summed E-state index contributed by atoms with van der Waals surface area (Å²) >= 11 is 0. The zero-order valence-corrected chi connectivity index (χ0v) is 8.04. The van der Waals surface area contributed by atoms with Gasteiger partial charge in [-0.25, -0.2) is 0 Å². The number of hydrogen-bond acceptors (Lipinski definition) is 1. The summed E-state index contributed by atoms with van der Waals surface area (Å²) in [5.74, 6) is 0.694. The first-order chi connectivity index (χ1) is 6.29. The Labute approximate surface area is 79.3 Å². The number of rotatable bonds is 1. The molecule has 2 fully saturated rings. The molecule has 2 heteroatoms. The van der Waals surface area contributed by atoms with E-state index in [-0.39, 0.29) is 5.92 Å². The molecule has 0 heterocycles. The standard InChI is InChI=1S/C11H18O2/c12-11(13)10-7-3-5-8-4-1-2-6-9(8)10/h8-10H,1-7H2,(H,12,13)/i1+2,2+2,3+2,4+2,5+2,6+2,7+2,8+2,9+2,10+2. The lowest BCUT2D eigenvalue weighted by molar-refractivity contribution is -0.146. The first kappa shape index (κ1) is 9.04. The number of hydrogen-bond donors (Lipinski definition) is 1. The highest BCUT2D eigenvalue weighted by Crippen LogP contribution is 2.43. The third-order valence-corrected chi connectivity index (χ3v) is 3.89. The van der Waals surface area contributed by atoms with Crippen LogP contribution in [0.1, 0.15) is 44.9 Å². The van der Waals surface area contributed by atoms with Crippen molar-refractivity contribution in [3.8, 4) is 0 Å². The average Bonchev–Trinajstić information content (AvgIpc) is 2.17. The predicted octanol–water partition coefficient (Wildman–Crippen LogP) is 2.68. The monoisotopic (exact) mass is 202 g/mol. The SMILES string of the molecule is O=C(O)[14CH]1[14CH2][14CH2][14CH2][14CH]2[14CH2][14CH2][14CH2][14CH2][14CH]21. The van der Waals surface area contributed by atoms with E-state index in [2.05, 4.69) is 0 Å². The van der Waals surface area contributed by atoms with Gasteiger partial charge in [-0.05, 0) is 24.7 Å². The molecule has 0 amide bonds. The van der Waals surface area contributed by atoms with Crippen LogP contribution in [0.4, 0.5) is 0 Å². The lowest BCUT2D eigenvalue weighted by Crippen LogP contribution is -2.35. The van der Waals surface area contributed by atoms with Gasteiger partial charge in [0.05, 0.1) is 5.92 Å². The molecular formula is C11H18O2. The molecule has 2 nitrogen and oxygen atoms in total. The quantitative estimate of drug-likeness (QED) is 0.709. The van der Waals surface area contributed by atoms with Crippen LogP contribution in [0.15, 0.2) is 0 Å². The first-order valence-electron chi connectivity index (χ1n) is 5.52. The minimum absolute atomic E-state index is 0.0148. The van der Waals surface area contributed by atoms with Crippen LogP contribution >= 0.6 is 0 Å². The van der Waals surface area contributed by atoms with Gasteiger partial charge in [-0.15, -0.1) is 0 Å². The summed E-state index contributed by atoms with van der Waals surface area (Å²) in [6.45, 7) is 0. The van der Waals surface area contributed by atoms with Crippen LogP contribution in [-0.4, -0.2) is 11.1 Å². The third-order valence-electron chi connectivity index (χ3n) is 3.89. The summed E-state index contributed by atoms with van der Waals surface area (Å²) in [6.07, 6.45) is 8.39. The summed E-state index contributed by atoms with van der Waals surface area (Å²) in [4.78, 5) is 11.0. The second-order valence-electron chi connectivity index (χ2n) is 4.58. The molecule has 0 bridgehead atoms. The fourth-order valence-corrected chi connectivity index (χ4v) is 3.25. The summed E-state index contributed by atoms with van der Waals surface area (Å²) in [5.41, 5.74) is 0. The number of carboxylic acid groups (broad SMARTS) is 1. The third kappa shape index (κ3) is 1.72. The molecule has 2 aliphatic carbocycles. The van der Waals surface area contributed by atoms with Gasteiger partial charge < -0.3 is 5.11 Å². The number of aliphatic carboxylic acids is 1. The maximum absolute atomic E-state index is 11.0. The van der Waals surface area contributed by atoms with Crippen LogP contribution in [0.3, 0.4) is 0 Å². The van der Waals surface area contributed by atoms with Gasteiger partial charge in [0.2, 0.25) is 0 Å². The Balaban J connectivity index is 2.06. The summed E-state index contributed by atoms with van der Waals surface area (Å²) in [5, 5.41) is 9.08. The lowest BCUT2D eigenvalue weighted by Gasteiger charge is -2.39. The second-order valence-corrected chi connectivity index (χ2v) is 4.58. The molecule has 0 aliphatic heterocycles. The molecule has 3 atom stereocenters. The van der Waals surface area contributed by atoms with Crippen molar-refractivity contribution in [2.24, 2.45) is 17.8 Å². The zero-order valence-electron chi connectivity index (χ0n) is 8.04. The largest absolute Gasteiger partial charge is 0.481 e. The Morgan fingerprint density at radius 1 is 1.00 bits per heavy atom. The maximum Gasteiger partial charge on any atom is 0.306 e. The minimum atomic E-state index is -0.545. The van der Waals surface area contributed by atoms with E-state index < -0.39 is 5.97 Å². The van der Waals surface area contributed by atoms with Gasteiger partial charge in [-0.1, -0.05) is 32.1 Å². The summed E-state index contributed by atoms with van der Waals surface area (Å²) in [7, 11) is 0. The van der Waals surface area contributed by atoms with Crippen molar-refractivity contribution < 1.29 is 9.90 Å². The smallest absolute Gasteiger partial charge is 0.306 e. The Bertz CT molecular complexity index is 198. The molecule has 0 radical (unpaired) electrons. The number of carboxylic acids is 1. The van der Waals surface area contributed by atoms with Gasteiger partial charge >= 0.3 is 5.97 Å². The van der Waals surface area contributed by atoms with Crippen LogP contribution in [-0.2, 0) is 4.79 Å². The van der Waals surface area contributed by atoms with Gasteiger partial charge in [0.1, 0.15) is 0 Å². The molecule has 0 saturated heterocycles. The average molecular weight is 202 g/mol. The molecule has 0 aromatic rings. The normalized spacial score (nSPS) is 39.5. The van der Waals surface area contributed by atoms with Crippen molar-refractivity contribution >= 4 is 5.97 Å². The molecule has 1 N–H and O–H groups in total. The van der Waals surface area contributed by atoms with Crippen LogP contribution < -0.4 is 0 Å². The van der Waals surface area contributed by atoms with E-state index in [4.69, 9.17) is 5.11 Å². The van der Waals surface area contributed by atoms with E-state index >= 15 is 0 Å². The lowest BCUT2D eigenvalue weighted by atomic mass is 11.2. The first-order valence-corrected chi connectivity index (χ1v) is 5.52. The molecule has 2 saturated carbocycles. The van der Waals surface area contributed by atoms with Gasteiger partial charge in [0.25, 0.3) is 0 Å². The Morgan fingerprint density at radius 2 is 1.69 bits per heavy atom. The highest BCUT2D eigenvalue weighted by atomic mass is 16.5. The fraction of sp³-hybridized carbons (Fsp3) is 0.909. The summed E-state index contributed by atoms with van der Waals surface area (Å²) in [6, 6.07) is 0. The van der Waals surface area contributed by atoms with Gasteiger partial charge in [0.15, 0.2) is 0 Å².